The predicted molar refractivity (Wildman–Crippen MR) is 58.7 cm³/mol. The lowest BCUT2D eigenvalue weighted by Crippen LogP contribution is -2.40. The van der Waals surface area contributed by atoms with Crippen molar-refractivity contribution in [1.82, 2.24) is 0 Å². The summed E-state index contributed by atoms with van der Waals surface area (Å²) < 4.78 is 0. The highest BCUT2D eigenvalue weighted by molar-refractivity contribution is 6.31. The maximum Gasteiger partial charge on any atom is 0.110 e. The number of aliphatic hydroxyl groups is 2. The fourth-order valence-corrected chi connectivity index (χ4v) is 2.45. The van der Waals surface area contributed by atoms with Gasteiger partial charge in [0.05, 0.1) is 6.10 Å². The molecule has 0 aromatic heterocycles. The van der Waals surface area contributed by atoms with Crippen LogP contribution in [0.5, 0.6) is 0 Å². The Balaban J connectivity index is 2.92. The van der Waals surface area contributed by atoms with Crippen LogP contribution in [0.25, 0.3) is 0 Å². The van der Waals surface area contributed by atoms with E-state index in [1.54, 1.807) is 13.8 Å². The van der Waals surface area contributed by atoms with Crippen molar-refractivity contribution in [3.63, 3.8) is 0 Å². The molecule has 1 rings (SSSR count). The van der Waals surface area contributed by atoms with Gasteiger partial charge in [-0.15, -0.1) is 11.6 Å². The second-order valence-electron chi connectivity index (χ2n) is 4.05. The van der Waals surface area contributed by atoms with E-state index in [1.165, 1.54) is 0 Å². The Morgan fingerprint density at radius 3 is 2.57 bits per heavy atom. The van der Waals surface area contributed by atoms with E-state index in [0.29, 0.717) is 17.9 Å². The molecule has 14 heavy (non-hydrogen) atoms. The lowest BCUT2D eigenvalue weighted by molar-refractivity contribution is -0.0273. The van der Waals surface area contributed by atoms with Crippen molar-refractivity contribution < 1.29 is 10.2 Å². The molecular formula is C10H16Cl2O2. The number of hydrogen-bond donors (Lipinski definition) is 2. The molecule has 0 amide bonds. The van der Waals surface area contributed by atoms with Crippen LogP contribution in [-0.2, 0) is 0 Å². The van der Waals surface area contributed by atoms with Gasteiger partial charge in [0.25, 0.3) is 0 Å². The molecule has 0 aliphatic heterocycles. The van der Waals surface area contributed by atoms with E-state index in [-0.39, 0.29) is 5.38 Å². The Hall–Kier alpha value is 0.240. The van der Waals surface area contributed by atoms with Gasteiger partial charge in [-0.1, -0.05) is 11.6 Å². The summed E-state index contributed by atoms with van der Waals surface area (Å²) in [5, 5.41) is 20.1. The van der Waals surface area contributed by atoms with E-state index in [9.17, 15) is 10.2 Å². The third-order valence-electron chi connectivity index (χ3n) is 2.86. The first-order chi connectivity index (χ1) is 6.35. The van der Waals surface area contributed by atoms with E-state index >= 15 is 0 Å². The summed E-state index contributed by atoms with van der Waals surface area (Å²) in [6.45, 7) is 3.15. The van der Waals surface area contributed by atoms with Crippen LogP contribution < -0.4 is 0 Å². The van der Waals surface area contributed by atoms with E-state index < -0.39 is 11.7 Å². The second-order valence-corrected chi connectivity index (χ2v) is 5.12. The quantitative estimate of drug-likeness (QED) is 0.726. The number of halogens is 2. The van der Waals surface area contributed by atoms with Crippen molar-refractivity contribution in [2.45, 2.75) is 50.2 Å². The van der Waals surface area contributed by atoms with Crippen molar-refractivity contribution >= 4 is 23.2 Å². The molecule has 0 saturated carbocycles. The van der Waals surface area contributed by atoms with Crippen molar-refractivity contribution in [3.8, 4) is 0 Å². The van der Waals surface area contributed by atoms with Gasteiger partial charge in [0.2, 0.25) is 0 Å². The molecule has 1 aliphatic rings. The lowest BCUT2D eigenvalue weighted by atomic mass is 9.83. The minimum Gasteiger partial charge on any atom is -0.390 e. The molecule has 4 heteroatoms. The molecular weight excluding hydrogens is 223 g/mol. The molecule has 2 N–H and O–H groups in total. The highest BCUT2D eigenvalue weighted by atomic mass is 35.5. The van der Waals surface area contributed by atoms with Gasteiger partial charge >= 0.3 is 0 Å². The highest BCUT2D eigenvalue weighted by Crippen LogP contribution is 2.37. The first-order valence-electron chi connectivity index (χ1n) is 4.78. The van der Waals surface area contributed by atoms with Gasteiger partial charge in [0.15, 0.2) is 0 Å². The number of rotatable bonds is 2. The smallest absolute Gasteiger partial charge is 0.110 e. The summed E-state index contributed by atoms with van der Waals surface area (Å²) in [4.78, 5) is 0. The maximum atomic E-state index is 10.0. The lowest BCUT2D eigenvalue weighted by Gasteiger charge is -2.33. The summed E-state index contributed by atoms with van der Waals surface area (Å²) in [5.41, 5.74) is -0.500. The zero-order chi connectivity index (χ0) is 10.9. The third kappa shape index (κ3) is 2.43. The molecule has 2 nitrogen and oxygen atoms in total. The molecule has 82 valence electrons. The monoisotopic (exact) mass is 238 g/mol. The predicted octanol–water partition coefficient (Wildman–Crippen LogP) is 2.40. The van der Waals surface area contributed by atoms with Gasteiger partial charge in [-0.25, -0.2) is 0 Å². The first-order valence-corrected chi connectivity index (χ1v) is 5.59. The molecule has 0 heterocycles. The Morgan fingerprint density at radius 2 is 2.14 bits per heavy atom. The first kappa shape index (κ1) is 12.3. The Labute approximate surface area is 94.5 Å². The summed E-state index contributed by atoms with van der Waals surface area (Å²) >= 11 is 12.0. The summed E-state index contributed by atoms with van der Waals surface area (Å²) in [6.07, 6.45) is 1.22. The molecule has 1 aliphatic carbocycles. The highest BCUT2D eigenvalue weighted by Gasteiger charge is 2.35. The van der Waals surface area contributed by atoms with Crippen molar-refractivity contribution in [3.05, 3.63) is 10.6 Å². The van der Waals surface area contributed by atoms with Crippen LogP contribution in [0.2, 0.25) is 0 Å². The van der Waals surface area contributed by atoms with Crippen molar-refractivity contribution in [2.75, 3.05) is 0 Å². The fourth-order valence-electron chi connectivity index (χ4n) is 1.64. The standard InChI is InChI=1S/C10H16Cl2O2/c1-6(13)10(2,14)8-4-3-7(11)5-9(8)12/h6-7,13-14H,3-5H2,1-2H3. The summed E-state index contributed by atoms with van der Waals surface area (Å²) in [5.74, 6) is 0. The Morgan fingerprint density at radius 1 is 1.57 bits per heavy atom. The topological polar surface area (TPSA) is 40.5 Å². The molecule has 0 radical (unpaired) electrons. The van der Waals surface area contributed by atoms with Crippen molar-refractivity contribution in [2.24, 2.45) is 0 Å². The number of aliphatic hydroxyl groups excluding tert-OH is 1. The van der Waals surface area contributed by atoms with E-state index in [0.717, 1.165) is 12.0 Å². The molecule has 0 spiro atoms. The van der Waals surface area contributed by atoms with E-state index in [2.05, 4.69) is 0 Å². The summed E-state index contributed by atoms with van der Waals surface area (Å²) in [7, 11) is 0. The van der Waals surface area contributed by atoms with Crippen molar-refractivity contribution in [1.29, 1.82) is 0 Å². The van der Waals surface area contributed by atoms with Gasteiger partial charge in [0, 0.05) is 10.4 Å². The number of allylic oxidation sites excluding steroid dienone is 1. The molecule has 0 fully saturated rings. The van der Waals surface area contributed by atoms with Crippen LogP contribution in [0.3, 0.4) is 0 Å². The van der Waals surface area contributed by atoms with Gasteiger partial charge in [0.1, 0.15) is 5.60 Å². The van der Waals surface area contributed by atoms with Crippen LogP contribution in [0, 0.1) is 0 Å². The SMILES string of the molecule is CC(O)C(C)(O)C1=C(Cl)CC(Cl)CC1. The van der Waals surface area contributed by atoms with Crippen LogP contribution >= 0.6 is 23.2 Å². The number of hydrogen-bond acceptors (Lipinski definition) is 2. The Bertz CT molecular complexity index is 247. The molecule has 0 aromatic carbocycles. The molecule has 0 aromatic rings. The zero-order valence-electron chi connectivity index (χ0n) is 8.43. The largest absolute Gasteiger partial charge is 0.390 e. The van der Waals surface area contributed by atoms with Gasteiger partial charge in [-0.05, 0) is 38.7 Å². The Kier molecular flexibility index (Phi) is 3.87. The van der Waals surface area contributed by atoms with Gasteiger partial charge in [-0.3, -0.25) is 0 Å². The van der Waals surface area contributed by atoms with Crippen LogP contribution in [-0.4, -0.2) is 27.3 Å². The third-order valence-corrected chi connectivity index (χ3v) is 3.62. The summed E-state index contributed by atoms with van der Waals surface area (Å²) in [6, 6.07) is 0. The normalized spacial score (nSPS) is 30.0. The average Bonchev–Trinajstić information content (AvgIpc) is 2.02. The minimum atomic E-state index is -1.23. The zero-order valence-corrected chi connectivity index (χ0v) is 9.94. The fraction of sp³-hybridized carbons (Fsp3) is 0.800. The molecule has 0 bridgehead atoms. The molecule has 3 unspecified atom stereocenters. The minimum absolute atomic E-state index is 0.0519. The molecule has 0 saturated heterocycles. The number of alkyl halides is 1. The second kappa shape index (κ2) is 4.40. The van der Waals surface area contributed by atoms with Crippen LogP contribution in [0.15, 0.2) is 10.6 Å². The van der Waals surface area contributed by atoms with Crippen LogP contribution in [0.4, 0.5) is 0 Å². The van der Waals surface area contributed by atoms with Gasteiger partial charge in [-0.2, -0.15) is 0 Å². The van der Waals surface area contributed by atoms with Gasteiger partial charge < -0.3 is 10.2 Å². The average molecular weight is 239 g/mol. The molecule has 3 atom stereocenters. The van der Waals surface area contributed by atoms with E-state index in [1.807, 2.05) is 0 Å². The van der Waals surface area contributed by atoms with Crippen LogP contribution in [0.1, 0.15) is 33.1 Å². The maximum absolute atomic E-state index is 10.0. The van der Waals surface area contributed by atoms with E-state index in [4.69, 9.17) is 23.2 Å².